The lowest BCUT2D eigenvalue weighted by molar-refractivity contribution is -0.144. The van der Waals surface area contributed by atoms with Crippen molar-refractivity contribution in [2.24, 2.45) is 17.8 Å². The summed E-state index contributed by atoms with van der Waals surface area (Å²) in [7, 11) is 0. The van der Waals surface area contributed by atoms with E-state index < -0.39 is 90.0 Å². The van der Waals surface area contributed by atoms with Gasteiger partial charge < -0.3 is 25.6 Å². The van der Waals surface area contributed by atoms with Gasteiger partial charge in [0.1, 0.15) is 12.1 Å². The lowest BCUT2D eigenvalue weighted by Gasteiger charge is -2.33. The number of nitrogens with zero attached hydrogens (tertiary/aromatic N) is 1. The Labute approximate surface area is 251 Å². The molecular weight excluding hydrogens is 562 g/mol. The predicted molar refractivity (Wildman–Crippen MR) is 155 cm³/mol. The Bertz CT molecular complexity index is 1180. The molecule has 43 heavy (non-hydrogen) atoms. The van der Waals surface area contributed by atoms with Gasteiger partial charge >= 0.3 is 6.09 Å². The Hall–Kier alpha value is -3.57. The number of Topliss-reactive ketones (excluding diaryl/α,β-unsaturated/α-hetero) is 1. The van der Waals surface area contributed by atoms with Crippen LogP contribution in [-0.2, 0) is 23.9 Å². The number of carbonyl (C=O) groups excluding carboxylic acids is 5. The zero-order valence-electron chi connectivity index (χ0n) is 25.7. The summed E-state index contributed by atoms with van der Waals surface area (Å²) in [5.74, 6) is -8.83. The van der Waals surface area contributed by atoms with Crippen LogP contribution in [0.3, 0.4) is 0 Å². The maximum absolute atomic E-state index is 14.9. The third kappa shape index (κ3) is 8.08. The molecule has 10 nitrogen and oxygen atoms in total. The Balaban J connectivity index is 1.83. The van der Waals surface area contributed by atoms with Crippen molar-refractivity contribution in [3.8, 4) is 0 Å². The van der Waals surface area contributed by atoms with Crippen LogP contribution in [0.15, 0.2) is 30.3 Å². The number of benzene rings is 1. The molecule has 3 rings (SSSR count). The summed E-state index contributed by atoms with van der Waals surface area (Å²) in [5.41, 5.74) is 0.790. The molecule has 6 atom stereocenters. The molecular formula is C31H44F2N4O6. The minimum atomic E-state index is -3.08. The summed E-state index contributed by atoms with van der Waals surface area (Å²) in [5, 5.41) is 7.79. The molecule has 1 aromatic rings. The summed E-state index contributed by atoms with van der Waals surface area (Å²) in [4.78, 5) is 67.1. The van der Waals surface area contributed by atoms with Gasteiger partial charge in [0.2, 0.25) is 17.6 Å². The molecule has 0 aromatic heterocycles. The fraction of sp³-hybridized carbons (Fsp3) is 0.645. The summed E-state index contributed by atoms with van der Waals surface area (Å²) in [6.07, 6.45) is -1.11. The van der Waals surface area contributed by atoms with E-state index in [1.807, 2.05) is 18.2 Å². The molecule has 4 amide bonds. The number of ketones is 1. The third-order valence-electron chi connectivity index (χ3n) is 8.19. The van der Waals surface area contributed by atoms with Crippen molar-refractivity contribution in [3.63, 3.8) is 0 Å². The summed E-state index contributed by atoms with van der Waals surface area (Å²) >= 11 is 0. The molecule has 0 radical (unpaired) electrons. The van der Waals surface area contributed by atoms with Crippen molar-refractivity contribution >= 4 is 29.6 Å². The average molecular weight is 607 g/mol. The normalized spacial score (nSPS) is 22.8. The first-order valence-electron chi connectivity index (χ1n) is 15.0. The molecule has 1 aliphatic carbocycles. The molecule has 2 fully saturated rings. The highest BCUT2D eigenvalue weighted by atomic mass is 19.3. The predicted octanol–water partition coefficient (Wildman–Crippen LogP) is 3.75. The molecule has 0 bridgehead atoms. The number of halogens is 2. The molecule has 1 saturated carbocycles. The van der Waals surface area contributed by atoms with E-state index in [4.69, 9.17) is 4.74 Å². The van der Waals surface area contributed by atoms with Crippen LogP contribution in [0.4, 0.5) is 13.6 Å². The van der Waals surface area contributed by atoms with E-state index in [2.05, 4.69) is 16.0 Å². The highest BCUT2D eigenvalue weighted by Crippen LogP contribution is 2.51. The molecule has 12 heteroatoms. The molecule has 1 aliphatic heterocycles. The summed E-state index contributed by atoms with van der Waals surface area (Å²) < 4.78 is 34.9. The van der Waals surface area contributed by atoms with E-state index in [1.54, 1.807) is 53.7 Å². The van der Waals surface area contributed by atoms with Gasteiger partial charge in [-0.1, -0.05) is 57.5 Å². The third-order valence-corrected chi connectivity index (χ3v) is 8.19. The van der Waals surface area contributed by atoms with Crippen LogP contribution in [0, 0.1) is 17.8 Å². The number of alkyl halides is 2. The van der Waals surface area contributed by atoms with Crippen molar-refractivity contribution in [3.05, 3.63) is 35.9 Å². The minimum absolute atomic E-state index is 0.0101. The number of nitrogens with one attached hydrogen (secondary N) is 3. The number of fused-ring (bicyclic) bond motifs is 1. The fourth-order valence-electron chi connectivity index (χ4n) is 5.96. The van der Waals surface area contributed by atoms with Crippen LogP contribution in [0.5, 0.6) is 0 Å². The molecule has 1 aromatic carbocycles. The SMILES string of the molecule is CCCC(NC(=O)[C@@H]1[C@H]2CCC(F)(F)[C@H]2CN1C(=O)[C@@H](NC(=O)OC(C)C)C(C)C)C(=O)C(=O)N[C@@H](C)c1ccccc1. The second-order valence-electron chi connectivity index (χ2n) is 12.1. The van der Waals surface area contributed by atoms with Crippen LogP contribution >= 0.6 is 0 Å². The maximum Gasteiger partial charge on any atom is 0.408 e. The van der Waals surface area contributed by atoms with E-state index >= 15 is 0 Å². The quantitative estimate of drug-likeness (QED) is 0.311. The van der Waals surface area contributed by atoms with Crippen molar-refractivity contribution < 1.29 is 37.5 Å². The van der Waals surface area contributed by atoms with E-state index in [1.165, 1.54) is 0 Å². The zero-order chi connectivity index (χ0) is 32.1. The molecule has 2 aliphatic rings. The van der Waals surface area contributed by atoms with Gasteiger partial charge in [-0.15, -0.1) is 0 Å². The topological polar surface area (TPSA) is 134 Å². The fourth-order valence-corrected chi connectivity index (χ4v) is 5.96. The number of amides is 4. The highest BCUT2D eigenvalue weighted by Gasteiger charge is 2.61. The van der Waals surface area contributed by atoms with Crippen LogP contribution in [0.2, 0.25) is 0 Å². The van der Waals surface area contributed by atoms with E-state index in [9.17, 15) is 32.8 Å². The number of rotatable bonds is 12. The van der Waals surface area contributed by atoms with Crippen molar-refractivity contribution in [1.29, 1.82) is 0 Å². The van der Waals surface area contributed by atoms with E-state index in [0.717, 1.165) is 10.5 Å². The molecule has 1 unspecified atom stereocenters. The largest absolute Gasteiger partial charge is 0.447 e. The standard InChI is InChI=1S/C31H44F2N4O6/c1-7-11-23(26(38)28(40)34-19(6)20-12-9-8-10-13-20)35-27(39)25-21-14-15-31(32,33)22(21)16-37(25)29(41)24(17(2)3)36-30(42)43-18(4)5/h8-10,12-13,17-19,21-25H,7,11,14-16H2,1-6H3,(H,34,40)(H,35,39)(H,36,42)/t19-,21-,22-,23?,24-,25-/m0/s1. The van der Waals surface area contributed by atoms with Gasteiger partial charge in [-0.2, -0.15) is 0 Å². The van der Waals surface area contributed by atoms with E-state index in [0.29, 0.717) is 6.42 Å². The first-order valence-corrected chi connectivity index (χ1v) is 15.0. The molecule has 238 valence electrons. The van der Waals surface area contributed by atoms with E-state index in [-0.39, 0.29) is 19.4 Å². The number of hydrogen-bond acceptors (Lipinski definition) is 6. The van der Waals surface area contributed by atoms with Crippen LogP contribution in [0.1, 0.15) is 78.8 Å². The second kappa shape index (κ2) is 14.3. The van der Waals surface area contributed by atoms with Gasteiger partial charge in [0, 0.05) is 18.9 Å². The lowest BCUT2D eigenvalue weighted by atomic mass is 9.91. The van der Waals surface area contributed by atoms with Gasteiger partial charge in [-0.05, 0) is 51.0 Å². The second-order valence-corrected chi connectivity index (χ2v) is 12.1. The number of likely N-dealkylation sites (tertiary alicyclic amines) is 1. The van der Waals surface area contributed by atoms with Gasteiger partial charge in [0.05, 0.1) is 18.2 Å². The Morgan fingerprint density at radius 2 is 1.65 bits per heavy atom. The molecule has 3 N–H and O–H groups in total. The van der Waals surface area contributed by atoms with Crippen LogP contribution in [-0.4, -0.2) is 71.2 Å². The number of hydrogen-bond donors (Lipinski definition) is 3. The molecule has 1 heterocycles. The van der Waals surface area contributed by atoms with Gasteiger partial charge in [0.15, 0.2) is 0 Å². The van der Waals surface area contributed by atoms with Crippen molar-refractivity contribution in [2.75, 3.05) is 6.54 Å². The first-order chi connectivity index (χ1) is 20.2. The Morgan fingerprint density at radius 3 is 2.23 bits per heavy atom. The van der Waals surface area contributed by atoms with Crippen LogP contribution < -0.4 is 16.0 Å². The Morgan fingerprint density at radius 1 is 1.00 bits per heavy atom. The maximum atomic E-state index is 14.9. The zero-order valence-corrected chi connectivity index (χ0v) is 25.7. The summed E-state index contributed by atoms with van der Waals surface area (Å²) in [6, 6.07) is 4.95. The average Bonchev–Trinajstić information content (AvgIpc) is 3.47. The minimum Gasteiger partial charge on any atom is -0.447 e. The number of carbonyl (C=O) groups is 5. The van der Waals surface area contributed by atoms with Gasteiger partial charge in [0.25, 0.3) is 11.8 Å². The van der Waals surface area contributed by atoms with Crippen molar-refractivity contribution in [1.82, 2.24) is 20.9 Å². The van der Waals surface area contributed by atoms with Gasteiger partial charge in [-0.25, -0.2) is 13.6 Å². The number of ether oxygens (including phenoxy) is 1. The van der Waals surface area contributed by atoms with Crippen LogP contribution in [0.25, 0.3) is 0 Å². The Kier molecular flexibility index (Phi) is 11.3. The smallest absolute Gasteiger partial charge is 0.408 e. The van der Waals surface area contributed by atoms with Gasteiger partial charge in [-0.3, -0.25) is 19.2 Å². The highest BCUT2D eigenvalue weighted by molar-refractivity contribution is 6.38. The lowest BCUT2D eigenvalue weighted by Crippen LogP contribution is -2.58. The monoisotopic (exact) mass is 606 g/mol. The first kappa shape index (κ1) is 33.9. The summed E-state index contributed by atoms with van der Waals surface area (Å²) in [6.45, 7) is 9.80. The molecule has 0 spiro atoms. The number of alkyl carbamates (subject to hydrolysis) is 1. The van der Waals surface area contributed by atoms with Crippen molar-refractivity contribution in [2.45, 2.75) is 103 Å². The molecule has 1 saturated heterocycles.